The van der Waals surface area contributed by atoms with Gasteiger partial charge in [0.05, 0.1) is 11.4 Å². The van der Waals surface area contributed by atoms with Crippen LogP contribution in [0.2, 0.25) is 0 Å². The number of hydrogen-bond acceptors (Lipinski definition) is 4. The second-order valence-corrected chi connectivity index (χ2v) is 5.92. The maximum Gasteiger partial charge on any atom is 0.255 e. The van der Waals surface area contributed by atoms with E-state index in [2.05, 4.69) is 15.0 Å². The minimum atomic E-state index is -0.101. The van der Waals surface area contributed by atoms with E-state index in [4.69, 9.17) is 0 Å². The minimum Gasteiger partial charge on any atom is -0.337 e. The largest absolute Gasteiger partial charge is 0.337 e. The fourth-order valence-corrected chi connectivity index (χ4v) is 2.99. The Balaban J connectivity index is 1.92. The summed E-state index contributed by atoms with van der Waals surface area (Å²) in [6, 6.07) is 9.75. The van der Waals surface area contributed by atoms with Gasteiger partial charge in [0.1, 0.15) is 5.82 Å². The fourth-order valence-electron chi connectivity index (χ4n) is 2.13. The van der Waals surface area contributed by atoms with Crippen LogP contribution in [0, 0.1) is 6.92 Å². The molecule has 1 N–H and O–H groups in total. The van der Waals surface area contributed by atoms with Gasteiger partial charge in [0.25, 0.3) is 5.56 Å². The monoisotopic (exact) mass is 312 g/mol. The van der Waals surface area contributed by atoms with Crippen molar-refractivity contribution in [1.29, 1.82) is 0 Å². The van der Waals surface area contributed by atoms with Crippen LogP contribution in [0.25, 0.3) is 11.3 Å². The number of aryl methyl sites for hydroxylation is 1. The third-order valence-corrected chi connectivity index (χ3v) is 4.31. The summed E-state index contributed by atoms with van der Waals surface area (Å²) in [7, 11) is 1.95. The van der Waals surface area contributed by atoms with E-state index in [0.717, 1.165) is 17.1 Å². The number of H-pyrrole nitrogens is 1. The Labute approximate surface area is 132 Å². The lowest BCUT2D eigenvalue weighted by atomic mass is 10.1. The van der Waals surface area contributed by atoms with Crippen LogP contribution >= 0.6 is 11.8 Å². The van der Waals surface area contributed by atoms with Crippen LogP contribution in [0.3, 0.4) is 0 Å². The van der Waals surface area contributed by atoms with Gasteiger partial charge in [-0.15, -0.1) is 0 Å². The summed E-state index contributed by atoms with van der Waals surface area (Å²) in [6.45, 7) is 1.79. The van der Waals surface area contributed by atoms with Gasteiger partial charge in [-0.25, -0.2) is 9.97 Å². The SMILES string of the molecule is Cc1c(-c2ccccc2)nc(SCc2nccn2C)[nH]c1=O. The van der Waals surface area contributed by atoms with E-state index in [1.54, 1.807) is 13.1 Å². The summed E-state index contributed by atoms with van der Waals surface area (Å²) in [5.41, 5.74) is 2.21. The van der Waals surface area contributed by atoms with Gasteiger partial charge < -0.3 is 9.55 Å². The lowest BCUT2D eigenvalue weighted by Gasteiger charge is -2.07. The van der Waals surface area contributed by atoms with Crippen LogP contribution in [-0.4, -0.2) is 19.5 Å². The van der Waals surface area contributed by atoms with Gasteiger partial charge in [-0.1, -0.05) is 42.1 Å². The van der Waals surface area contributed by atoms with Crippen molar-refractivity contribution in [3.63, 3.8) is 0 Å². The summed E-state index contributed by atoms with van der Waals surface area (Å²) in [5.74, 6) is 1.60. The Morgan fingerprint density at radius 3 is 2.73 bits per heavy atom. The molecular weight excluding hydrogens is 296 g/mol. The lowest BCUT2D eigenvalue weighted by molar-refractivity contribution is 0.845. The molecule has 0 saturated heterocycles. The molecule has 3 aromatic rings. The Kier molecular flexibility index (Phi) is 4.11. The number of imidazole rings is 1. The number of aromatic nitrogens is 4. The zero-order chi connectivity index (χ0) is 15.5. The lowest BCUT2D eigenvalue weighted by Crippen LogP contribution is -2.14. The van der Waals surface area contributed by atoms with Gasteiger partial charge in [-0.3, -0.25) is 4.79 Å². The molecule has 0 unspecified atom stereocenters. The highest BCUT2D eigenvalue weighted by molar-refractivity contribution is 7.98. The predicted molar refractivity (Wildman–Crippen MR) is 87.8 cm³/mol. The fraction of sp³-hybridized carbons (Fsp3) is 0.188. The number of aromatic amines is 1. The highest BCUT2D eigenvalue weighted by Gasteiger charge is 2.10. The van der Waals surface area contributed by atoms with Gasteiger partial charge in [0.2, 0.25) is 0 Å². The summed E-state index contributed by atoms with van der Waals surface area (Å²) in [4.78, 5) is 23.8. The Bertz CT molecular complexity index is 839. The molecule has 0 aliphatic heterocycles. The van der Waals surface area contributed by atoms with Crippen molar-refractivity contribution >= 4 is 11.8 Å². The maximum absolute atomic E-state index is 12.1. The van der Waals surface area contributed by atoms with Gasteiger partial charge in [0, 0.05) is 30.6 Å². The first kappa shape index (κ1) is 14.6. The van der Waals surface area contributed by atoms with Crippen molar-refractivity contribution in [3.05, 3.63) is 64.5 Å². The minimum absolute atomic E-state index is 0.101. The first-order chi connectivity index (χ1) is 10.6. The Hall–Kier alpha value is -2.34. The van der Waals surface area contributed by atoms with E-state index in [1.807, 2.05) is 48.1 Å². The maximum atomic E-state index is 12.1. The summed E-state index contributed by atoms with van der Waals surface area (Å²) in [6.07, 6.45) is 3.66. The quantitative estimate of drug-likeness (QED) is 0.594. The molecule has 0 saturated carbocycles. The van der Waals surface area contributed by atoms with E-state index in [9.17, 15) is 4.79 Å². The van der Waals surface area contributed by atoms with Crippen molar-refractivity contribution in [1.82, 2.24) is 19.5 Å². The summed E-state index contributed by atoms with van der Waals surface area (Å²) < 4.78 is 1.96. The molecule has 0 atom stereocenters. The van der Waals surface area contributed by atoms with Gasteiger partial charge >= 0.3 is 0 Å². The Morgan fingerprint density at radius 2 is 2.05 bits per heavy atom. The second-order valence-electron chi connectivity index (χ2n) is 4.95. The van der Waals surface area contributed by atoms with Crippen molar-refractivity contribution in [3.8, 4) is 11.3 Å². The number of nitrogens with zero attached hydrogens (tertiary/aromatic N) is 3. The first-order valence-corrected chi connectivity index (χ1v) is 7.89. The normalized spacial score (nSPS) is 10.8. The van der Waals surface area contributed by atoms with E-state index >= 15 is 0 Å². The van der Waals surface area contributed by atoms with Gasteiger partial charge in [0.15, 0.2) is 5.16 Å². The average Bonchev–Trinajstić information content (AvgIpc) is 2.94. The molecule has 0 fully saturated rings. The van der Waals surface area contributed by atoms with E-state index < -0.39 is 0 Å². The van der Waals surface area contributed by atoms with Crippen LogP contribution < -0.4 is 5.56 Å². The molecule has 0 aliphatic carbocycles. The number of hydrogen-bond donors (Lipinski definition) is 1. The third kappa shape index (κ3) is 2.96. The Morgan fingerprint density at radius 1 is 1.27 bits per heavy atom. The molecule has 0 radical (unpaired) electrons. The van der Waals surface area contributed by atoms with Crippen LogP contribution in [0.4, 0.5) is 0 Å². The van der Waals surface area contributed by atoms with Crippen LogP contribution in [-0.2, 0) is 12.8 Å². The molecule has 1 aromatic carbocycles. The summed E-state index contributed by atoms with van der Waals surface area (Å²) in [5, 5.41) is 0.609. The topological polar surface area (TPSA) is 63.6 Å². The van der Waals surface area contributed by atoms with Crippen LogP contribution in [0.1, 0.15) is 11.4 Å². The molecule has 6 heteroatoms. The molecule has 0 bridgehead atoms. The van der Waals surface area contributed by atoms with Crippen molar-refractivity contribution in [2.45, 2.75) is 17.8 Å². The smallest absolute Gasteiger partial charge is 0.255 e. The van der Waals surface area contributed by atoms with E-state index in [1.165, 1.54) is 11.8 Å². The van der Waals surface area contributed by atoms with Crippen molar-refractivity contribution in [2.75, 3.05) is 0 Å². The van der Waals surface area contributed by atoms with E-state index in [0.29, 0.717) is 16.5 Å². The molecule has 2 aromatic heterocycles. The predicted octanol–water partition coefficient (Wildman–Crippen LogP) is 2.77. The van der Waals surface area contributed by atoms with Gasteiger partial charge in [-0.05, 0) is 6.92 Å². The zero-order valence-corrected chi connectivity index (χ0v) is 13.2. The molecule has 0 spiro atoms. The van der Waals surface area contributed by atoms with Crippen LogP contribution in [0.15, 0.2) is 52.7 Å². The molecule has 0 amide bonds. The second kappa shape index (κ2) is 6.19. The molecule has 5 nitrogen and oxygen atoms in total. The summed E-state index contributed by atoms with van der Waals surface area (Å²) >= 11 is 1.47. The number of thioether (sulfide) groups is 1. The number of nitrogens with one attached hydrogen (secondary N) is 1. The number of benzene rings is 1. The molecule has 22 heavy (non-hydrogen) atoms. The molecule has 0 aliphatic rings. The van der Waals surface area contributed by atoms with E-state index in [-0.39, 0.29) is 5.56 Å². The molecular formula is C16H16N4OS. The molecule has 3 rings (SSSR count). The van der Waals surface area contributed by atoms with Crippen LogP contribution in [0.5, 0.6) is 0 Å². The standard InChI is InChI=1S/C16H16N4OS/c1-11-14(12-6-4-3-5-7-12)18-16(19-15(11)21)22-10-13-17-8-9-20(13)2/h3-9H,10H2,1-2H3,(H,18,19,21). The highest BCUT2D eigenvalue weighted by Crippen LogP contribution is 2.23. The first-order valence-electron chi connectivity index (χ1n) is 6.90. The zero-order valence-electron chi connectivity index (χ0n) is 12.4. The van der Waals surface area contributed by atoms with Gasteiger partial charge in [-0.2, -0.15) is 0 Å². The molecule has 2 heterocycles. The third-order valence-electron chi connectivity index (χ3n) is 3.44. The highest BCUT2D eigenvalue weighted by atomic mass is 32.2. The average molecular weight is 312 g/mol. The number of rotatable bonds is 4. The molecule has 112 valence electrons. The van der Waals surface area contributed by atoms with Crippen molar-refractivity contribution in [2.24, 2.45) is 7.05 Å². The van der Waals surface area contributed by atoms with Crippen molar-refractivity contribution < 1.29 is 0 Å².